The van der Waals surface area contributed by atoms with E-state index in [-0.39, 0.29) is 5.82 Å². The van der Waals surface area contributed by atoms with Gasteiger partial charge in [0.25, 0.3) is 0 Å². The maximum Gasteiger partial charge on any atom is 0.123 e. The summed E-state index contributed by atoms with van der Waals surface area (Å²) < 4.78 is 19.0. The Morgan fingerprint density at radius 2 is 2.30 bits per heavy atom. The van der Waals surface area contributed by atoms with Gasteiger partial charge in [0.1, 0.15) is 5.82 Å². The lowest BCUT2D eigenvalue weighted by Gasteiger charge is -2.42. The molecule has 3 atom stereocenters. The molecule has 112 valence electrons. The first kappa shape index (κ1) is 15.7. The fourth-order valence-corrected chi connectivity index (χ4v) is 3.46. The van der Waals surface area contributed by atoms with Crippen molar-refractivity contribution < 1.29 is 14.2 Å². The molecule has 20 heavy (non-hydrogen) atoms. The molecule has 0 bridgehead atoms. The van der Waals surface area contributed by atoms with Crippen LogP contribution < -0.4 is 0 Å². The van der Waals surface area contributed by atoms with Gasteiger partial charge in [0.2, 0.25) is 0 Å². The van der Waals surface area contributed by atoms with Crippen molar-refractivity contribution in [2.45, 2.75) is 50.7 Å². The molecule has 1 saturated carbocycles. The molecule has 0 aliphatic heterocycles. The van der Waals surface area contributed by atoms with E-state index in [1.54, 1.807) is 7.11 Å². The zero-order valence-corrected chi connectivity index (χ0v) is 12.8. The quantitative estimate of drug-likeness (QED) is 0.911. The van der Waals surface area contributed by atoms with Gasteiger partial charge in [-0.15, -0.1) is 0 Å². The second kappa shape index (κ2) is 6.42. The molecule has 1 aliphatic carbocycles. The summed E-state index contributed by atoms with van der Waals surface area (Å²) in [6, 6.07) is 4.25. The Kier molecular flexibility index (Phi) is 5.05. The van der Waals surface area contributed by atoms with Crippen molar-refractivity contribution >= 4 is 11.6 Å². The van der Waals surface area contributed by atoms with E-state index < -0.39 is 11.7 Å². The van der Waals surface area contributed by atoms with Crippen LogP contribution in [0.2, 0.25) is 5.02 Å². The molecule has 1 aliphatic rings. The van der Waals surface area contributed by atoms with Crippen molar-refractivity contribution in [3.8, 4) is 0 Å². The van der Waals surface area contributed by atoms with E-state index in [0.717, 1.165) is 19.3 Å². The monoisotopic (exact) mass is 300 g/mol. The molecule has 1 N–H and O–H groups in total. The molecule has 0 amide bonds. The molecule has 0 saturated heterocycles. The summed E-state index contributed by atoms with van der Waals surface area (Å²) in [5.74, 6) is 0.196. The number of benzene rings is 1. The van der Waals surface area contributed by atoms with Crippen molar-refractivity contribution in [1.29, 1.82) is 0 Å². The first-order valence-electron chi connectivity index (χ1n) is 7.14. The van der Waals surface area contributed by atoms with Gasteiger partial charge in [-0.3, -0.25) is 0 Å². The smallest absolute Gasteiger partial charge is 0.123 e. The topological polar surface area (TPSA) is 29.5 Å². The van der Waals surface area contributed by atoms with Gasteiger partial charge in [-0.05, 0) is 42.5 Å². The summed E-state index contributed by atoms with van der Waals surface area (Å²) in [6.45, 7) is 2.18. The molecule has 3 unspecified atom stereocenters. The summed E-state index contributed by atoms with van der Waals surface area (Å²) in [5, 5.41) is 11.1. The van der Waals surface area contributed by atoms with Gasteiger partial charge in [0.15, 0.2) is 0 Å². The first-order chi connectivity index (χ1) is 9.47. The van der Waals surface area contributed by atoms with E-state index in [1.165, 1.54) is 24.6 Å². The van der Waals surface area contributed by atoms with Crippen molar-refractivity contribution in [2.75, 3.05) is 7.11 Å². The van der Waals surface area contributed by atoms with E-state index in [9.17, 15) is 9.50 Å². The Hall–Kier alpha value is -0.640. The molecule has 4 heteroatoms. The minimum absolute atomic E-state index is 0.317. The fourth-order valence-electron chi connectivity index (χ4n) is 3.26. The Labute approximate surface area is 124 Å². The Morgan fingerprint density at radius 3 is 2.95 bits per heavy atom. The summed E-state index contributed by atoms with van der Waals surface area (Å²) in [5.41, 5.74) is 0.0988. The highest BCUT2D eigenvalue weighted by atomic mass is 35.5. The number of ether oxygens (including phenoxy) is 1. The van der Waals surface area contributed by atoms with Gasteiger partial charge >= 0.3 is 0 Å². The zero-order chi connectivity index (χ0) is 14.8. The van der Waals surface area contributed by atoms with Gasteiger partial charge in [0, 0.05) is 18.6 Å². The minimum atomic E-state index is -0.672. The number of halogens is 2. The maximum absolute atomic E-state index is 13.3. The average molecular weight is 301 g/mol. The predicted octanol–water partition coefficient (Wildman–Crippen LogP) is 3.98. The van der Waals surface area contributed by atoms with Crippen LogP contribution in [-0.4, -0.2) is 23.9 Å². The van der Waals surface area contributed by atoms with Crippen LogP contribution >= 0.6 is 11.6 Å². The third-order valence-electron chi connectivity index (χ3n) is 4.43. The van der Waals surface area contributed by atoms with E-state index in [0.29, 0.717) is 22.9 Å². The highest BCUT2D eigenvalue weighted by molar-refractivity contribution is 6.31. The van der Waals surface area contributed by atoms with Gasteiger partial charge in [-0.1, -0.05) is 31.4 Å². The van der Waals surface area contributed by atoms with Gasteiger partial charge < -0.3 is 9.84 Å². The van der Waals surface area contributed by atoms with Crippen LogP contribution in [0.25, 0.3) is 0 Å². The maximum atomic E-state index is 13.3. The number of hydrogen-bond acceptors (Lipinski definition) is 2. The highest BCUT2D eigenvalue weighted by Gasteiger charge is 2.41. The van der Waals surface area contributed by atoms with Crippen molar-refractivity contribution in [3.63, 3.8) is 0 Å². The van der Waals surface area contributed by atoms with Crippen LogP contribution in [0.15, 0.2) is 18.2 Å². The highest BCUT2D eigenvalue weighted by Crippen LogP contribution is 2.38. The number of aliphatic hydroxyl groups is 1. The first-order valence-corrected chi connectivity index (χ1v) is 7.52. The van der Waals surface area contributed by atoms with E-state index in [4.69, 9.17) is 16.3 Å². The van der Waals surface area contributed by atoms with Crippen LogP contribution in [0.1, 0.15) is 38.2 Å². The van der Waals surface area contributed by atoms with Crippen LogP contribution in [-0.2, 0) is 11.2 Å². The summed E-state index contributed by atoms with van der Waals surface area (Å²) >= 11 is 6.08. The van der Waals surface area contributed by atoms with Crippen LogP contribution in [0, 0.1) is 11.7 Å². The van der Waals surface area contributed by atoms with Gasteiger partial charge in [0.05, 0.1) is 11.7 Å². The summed E-state index contributed by atoms with van der Waals surface area (Å²) in [4.78, 5) is 0. The molecule has 0 aromatic heterocycles. The van der Waals surface area contributed by atoms with E-state index >= 15 is 0 Å². The molecular weight excluding hydrogens is 279 g/mol. The summed E-state index contributed by atoms with van der Waals surface area (Å²) in [6.07, 6.45) is 3.52. The standard InChI is InChI=1S/C16H22ClFO2/c1-11-4-3-7-16(10-11,20-2)15(19)9-12-8-13(18)5-6-14(12)17/h5-6,8,11,15,19H,3-4,7,9-10H2,1-2H3. The largest absolute Gasteiger partial charge is 0.390 e. The van der Waals surface area contributed by atoms with Gasteiger partial charge in [-0.2, -0.15) is 0 Å². The third-order valence-corrected chi connectivity index (χ3v) is 4.79. The van der Waals surface area contributed by atoms with Crippen molar-refractivity contribution in [2.24, 2.45) is 5.92 Å². The summed E-state index contributed by atoms with van der Waals surface area (Å²) in [7, 11) is 1.65. The lowest BCUT2D eigenvalue weighted by molar-refractivity contribution is -0.131. The van der Waals surface area contributed by atoms with E-state index in [2.05, 4.69) is 6.92 Å². The fraction of sp³-hybridized carbons (Fsp3) is 0.625. The predicted molar refractivity (Wildman–Crippen MR) is 78.5 cm³/mol. The van der Waals surface area contributed by atoms with Crippen LogP contribution in [0.4, 0.5) is 4.39 Å². The average Bonchev–Trinajstić information content (AvgIpc) is 2.42. The molecule has 0 radical (unpaired) electrons. The van der Waals surface area contributed by atoms with Crippen molar-refractivity contribution in [1.82, 2.24) is 0 Å². The Morgan fingerprint density at radius 1 is 1.55 bits per heavy atom. The minimum Gasteiger partial charge on any atom is -0.390 e. The Balaban J connectivity index is 2.16. The van der Waals surface area contributed by atoms with Crippen LogP contribution in [0.3, 0.4) is 0 Å². The zero-order valence-electron chi connectivity index (χ0n) is 12.0. The molecule has 2 rings (SSSR count). The second-order valence-electron chi connectivity index (χ2n) is 5.93. The van der Waals surface area contributed by atoms with Crippen molar-refractivity contribution in [3.05, 3.63) is 34.6 Å². The van der Waals surface area contributed by atoms with Crippen LogP contribution in [0.5, 0.6) is 0 Å². The van der Waals surface area contributed by atoms with Gasteiger partial charge in [-0.25, -0.2) is 4.39 Å². The number of rotatable bonds is 4. The number of methoxy groups -OCH3 is 1. The molecular formula is C16H22ClFO2. The third kappa shape index (κ3) is 3.33. The second-order valence-corrected chi connectivity index (χ2v) is 6.33. The lowest BCUT2D eigenvalue weighted by Crippen LogP contribution is -2.48. The van der Waals surface area contributed by atoms with E-state index in [1.807, 2.05) is 0 Å². The molecule has 1 aromatic rings. The molecule has 1 aromatic carbocycles. The number of aliphatic hydroxyl groups excluding tert-OH is 1. The molecule has 0 spiro atoms. The SMILES string of the molecule is COC1(C(O)Cc2cc(F)ccc2Cl)CCCC(C)C1. The Bertz CT molecular complexity index is 466. The molecule has 0 heterocycles. The molecule has 2 nitrogen and oxygen atoms in total. The number of hydrogen-bond donors (Lipinski definition) is 1. The lowest BCUT2D eigenvalue weighted by atomic mass is 9.74. The molecule has 1 fully saturated rings. The normalized spacial score (nSPS) is 28.4.